The molecule has 0 aliphatic rings. The van der Waals surface area contributed by atoms with Crippen LogP contribution in [0.1, 0.15) is 0 Å². The molecule has 148 heavy (non-hydrogen) atoms. The Bertz CT molecular complexity index is 10800. The molecule has 9 aromatic heterocycles. The predicted molar refractivity (Wildman–Crippen MR) is 615 cm³/mol. The second kappa shape index (κ2) is 35.0. The van der Waals surface area contributed by atoms with E-state index in [4.69, 9.17) is 29.9 Å². The van der Waals surface area contributed by atoms with Gasteiger partial charge in [0.25, 0.3) is 0 Å². The van der Waals surface area contributed by atoms with Crippen LogP contribution in [0.4, 0.5) is 0 Å². The van der Waals surface area contributed by atoms with Crippen LogP contribution in [0.3, 0.4) is 0 Å². The van der Waals surface area contributed by atoms with Gasteiger partial charge in [-0.15, -0.1) is 0 Å². The van der Waals surface area contributed by atoms with E-state index in [1.54, 1.807) is 0 Å². The van der Waals surface area contributed by atoms with Crippen LogP contribution >= 0.6 is 0 Å². The van der Waals surface area contributed by atoms with Gasteiger partial charge in [0.15, 0.2) is 0 Å². The fourth-order valence-electron chi connectivity index (χ4n) is 22.9. The fraction of sp³-hybridized carbons (Fsp3) is 0. The number of aromatic nitrogens is 12. The van der Waals surface area contributed by atoms with Gasteiger partial charge in [0.05, 0.1) is 99.8 Å². The van der Waals surface area contributed by atoms with Crippen molar-refractivity contribution in [3.63, 3.8) is 0 Å². The maximum Gasteiger partial charge on any atom is 0.235 e. The van der Waals surface area contributed by atoms with Crippen molar-refractivity contribution in [1.29, 1.82) is 0 Å². The number of para-hydroxylation sites is 12. The van der Waals surface area contributed by atoms with Crippen LogP contribution < -0.4 is 0 Å². The van der Waals surface area contributed by atoms with Gasteiger partial charge in [-0.1, -0.05) is 370 Å². The average Bonchev–Trinajstić information content (AvgIpc) is 1.57. The molecule has 690 valence electrons. The van der Waals surface area contributed by atoms with Crippen molar-refractivity contribution in [2.45, 2.75) is 0 Å². The first kappa shape index (κ1) is 84.8. The van der Waals surface area contributed by atoms with Crippen molar-refractivity contribution in [2.75, 3.05) is 0 Å². The highest BCUT2D eigenvalue weighted by Gasteiger charge is 2.26. The van der Waals surface area contributed by atoms with E-state index >= 15 is 0 Å². The summed E-state index contributed by atoms with van der Waals surface area (Å²) in [4.78, 5) is 31.4. The third-order valence-electron chi connectivity index (χ3n) is 29.6. The summed E-state index contributed by atoms with van der Waals surface area (Å²) in [5.74, 6) is 1.99. The molecule has 0 N–H and O–H groups in total. The Morgan fingerprint density at radius 3 is 0.716 bits per heavy atom. The minimum atomic E-state index is 0.663. The van der Waals surface area contributed by atoms with Gasteiger partial charge < -0.3 is 13.7 Å². The van der Waals surface area contributed by atoms with E-state index in [9.17, 15) is 0 Å². The highest BCUT2D eigenvalue weighted by molar-refractivity contribution is 6.18. The van der Waals surface area contributed by atoms with Gasteiger partial charge in [-0.05, 0) is 196 Å². The van der Waals surface area contributed by atoms with Crippen molar-refractivity contribution in [3.8, 4) is 102 Å². The highest BCUT2D eigenvalue weighted by Crippen LogP contribution is 2.46. The molecule has 12 nitrogen and oxygen atoms in total. The van der Waals surface area contributed by atoms with E-state index in [2.05, 4.69) is 525 Å². The van der Waals surface area contributed by atoms with Crippen LogP contribution in [-0.4, -0.2) is 57.3 Å². The summed E-state index contributed by atoms with van der Waals surface area (Å²) in [5, 5.41) is 20.0. The van der Waals surface area contributed by atoms with Gasteiger partial charge in [-0.2, -0.15) is 0 Å². The van der Waals surface area contributed by atoms with E-state index in [0.717, 1.165) is 128 Å². The number of hydrogen-bond acceptors (Lipinski definition) is 6. The molecular weight excluding hydrogens is 1800 g/mol. The molecule has 0 fully saturated rings. The fourth-order valence-corrected chi connectivity index (χ4v) is 22.9. The first-order chi connectivity index (χ1) is 73.4. The van der Waals surface area contributed by atoms with E-state index < -0.39 is 0 Å². The van der Waals surface area contributed by atoms with Crippen molar-refractivity contribution < 1.29 is 0 Å². The molecule has 9 heterocycles. The van der Waals surface area contributed by atoms with Crippen molar-refractivity contribution in [1.82, 2.24) is 57.3 Å². The zero-order chi connectivity index (χ0) is 97.4. The topological polar surface area (TPSA) is 107 Å². The lowest BCUT2D eigenvalue weighted by atomic mass is 9.99. The Morgan fingerprint density at radius 1 is 0.122 bits per heavy atom. The number of hydrogen-bond donors (Lipinski definition) is 0. The van der Waals surface area contributed by atoms with Crippen molar-refractivity contribution in [3.05, 3.63) is 522 Å². The zero-order valence-electron chi connectivity index (χ0n) is 80.0. The summed E-state index contributed by atoms with van der Waals surface area (Å²) in [6.07, 6.45) is 0. The molecule has 0 radical (unpaired) electrons. The van der Waals surface area contributed by atoms with Gasteiger partial charge in [-0.3, -0.25) is 13.7 Å². The third-order valence-corrected chi connectivity index (χ3v) is 29.6. The molecule has 0 saturated heterocycles. The summed E-state index contributed by atoms with van der Waals surface area (Å²) >= 11 is 0. The number of rotatable bonds is 12. The summed E-state index contributed by atoms with van der Waals surface area (Å²) < 4.78 is 13.8. The molecule has 12 heteroatoms. The van der Waals surface area contributed by atoms with Gasteiger partial charge in [0.2, 0.25) is 17.8 Å². The van der Waals surface area contributed by atoms with E-state index in [1.165, 1.54) is 131 Å². The Hall–Kier alpha value is -20.1. The molecule has 0 aliphatic heterocycles. The van der Waals surface area contributed by atoms with Crippen molar-refractivity contribution >= 4 is 174 Å². The first-order valence-corrected chi connectivity index (χ1v) is 50.2. The smallest absolute Gasteiger partial charge is 0.235 e. The highest BCUT2D eigenvalue weighted by atomic mass is 15.2. The SMILES string of the molecule is c1ccc(-c2nc(-n3c4ccccc4c4cc(-c5ccc6c(c5)c5ccccc5n6-c5ccccc5)ccc43)nc3ccccc23)cc1.c1ccc(-c2nc(-n3c4ccccc4c4ccc(-c5ccc6c7ccccc7n(-c7ccccc7)c6c5)cc43)nc3ccccc23)cc1.c1ccc(-n2c3ccccc3c3cc(-c4ccc5c(c4)c4ccccc4n5-c4nc(-c5cccc6ccccc56)c5ccccc5n4)ccc32)cc1. The molecule has 31 rings (SSSR count). The Morgan fingerprint density at radius 2 is 0.351 bits per heavy atom. The largest absolute Gasteiger partial charge is 0.309 e. The summed E-state index contributed by atoms with van der Waals surface area (Å²) in [7, 11) is 0. The normalized spacial score (nSPS) is 11.8. The maximum atomic E-state index is 5.38. The van der Waals surface area contributed by atoms with E-state index in [1.807, 2.05) is 24.3 Å². The minimum Gasteiger partial charge on any atom is -0.309 e. The van der Waals surface area contributed by atoms with Gasteiger partial charge in [0, 0.05) is 115 Å². The molecule has 0 atom stereocenters. The number of benzene rings is 22. The summed E-state index contributed by atoms with van der Waals surface area (Å²) in [6, 6.07) is 185. The van der Waals surface area contributed by atoms with Crippen LogP contribution in [0.15, 0.2) is 522 Å². The average molecular weight is 1890 g/mol. The molecule has 31 aromatic rings. The predicted octanol–water partition coefficient (Wildman–Crippen LogP) is 34.6. The van der Waals surface area contributed by atoms with Crippen LogP contribution in [0.25, 0.3) is 276 Å². The molecule has 0 aliphatic carbocycles. The lowest BCUT2D eigenvalue weighted by Crippen LogP contribution is -2.03. The van der Waals surface area contributed by atoms with Crippen LogP contribution in [0, 0.1) is 0 Å². The maximum absolute atomic E-state index is 5.38. The van der Waals surface area contributed by atoms with Crippen LogP contribution in [0.5, 0.6) is 0 Å². The number of fused-ring (bicyclic) bond motifs is 22. The molecule has 0 unspecified atom stereocenters. The van der Waals surface area contributed by atoms with E-state index in [-0.39, 0.29) is 0 Å². The zero-order valence-corrected chi connectivity index (χ0v) is 80.0. The van der Waals surface area contributed by atoms with Crippen LogP contribution in [-0.2, 0) is 0 Å². The quantitative estimate of drug-likeness (QED) is 0.121. The molecule has 22 aromatic carbocycles. The molecule has 0 bridgehead atoms. The second-order valence-electron chi connectivity index (χ2n) is 37.9. The molecule has 0 amide bonds. The monoisotopic (exact) mass is 1890 g/mol. The summed E-state index contributed by atoms with van der Waals surface area (Å²) in [5.41, 5.74) is 33.0. The molecule has 0 saturated carbocycles. The lowest BCUT2D eigenvalue weighted by molar-refractivity contribution is 1.01. The number of nitrogens with zero attached hydrogens (tertiary/aromatic N) is 12. The van der Waals surface area contributed by atoms with E-state index in [0.29, 0.717) is 17.8 Å². The Kier molecular flexibility index (Phi) is 20.0. The minimum absolute atomic E-state index is 0.663. The second-order valence-corrected chi connectivity index (χ2v) is 37.9. The third kappa shape index (κ3) is 14.1. The van der Waals surface area contributed by atoms with Gasteiger partial charge >= 0.3 is 0 Å². The Labute approximate surface area is 849 Å². The Balaban J connectivity index is 0.000000105. The van der Waals surface area contributed by atoms with Gasteiger partial charge in [0.1, 0.15) is 0 Å². The van der Waals surface area contributed by atoms with Gasteiger partial charge in [-0.25, -0.2) is 29.9 Å². The van der Waals surface area contributed by atoms with Crippen LogP contribution in [0.2, 0.25) is 0 Å². The molecule has 0 spiro atoms. The van der Waals surface area contributed by atoms with Crippen molar-refractivity contribution in [2.24, 2.45) is 0 Å². The molecular formula is C136H86N12. The summed E-state index contributed by atoms with van der Waals surface area (Å²) in [6.45, 7) is 0. The standard InChI is InChI=1S/C48H30N4.2C44H28N4/c1-2-15-34(16-3-1)51-43-23-10-7-18-36(43)40-29-32(25-27-45(40)51)33-26-28-46-41(30-33)37-19-8-11-24-44(37)52(46)48-49-42-22-9-6-20-39(42)47(50-48)38-21-12-14-31-13-4-5-17-35(31)38;1-3-13-29(14-4-1)43-37-19-7-10-20-38(37)45-44(46-43)48-40-22-12-9-18-34(40)36-26-24-31(28-42(36)48)30-23-25-35-33-17-8-11-21-39(33)47(41(35)27-30)32-15-5-2-6-16-32;1-3-13-29(14-4-1)43-35-19-7-10-20-38(35)45-44(46-43)48-40-22-12-9-18-34(40)37-28-31(24-26-42(37)48)30-23-25-41-36(27-30)33-17-8-11-21-39(33)47(41)32-15-5-2-6-16-32/h1-30H;2*1-28H. The first-order valence-electron chi connectivity index (χ1n) is 50.2. The lowest BCUT2D eigenvalue weighted by Gasteiger charge is -2.13.